The SMILES string of the molecule is CCCCC/C=C/COc1ccc(-c2ccc(-c3nnc(CCC)s3)cc2)cc1. The Hall–Kier alpha value is -2.46. The van der Waals surface area contributed by atoms with Crippen LogP contribution in [0.3, 0.4) is 0 Å². The first-order valence-electron chi connectivity index (χ1n) is 10.6. The van der Waals surface area contributed by atoms with Crippen molar-refractivity contribution in [2.45, 2.75) is 52.4 Å². The molecule has 0 atom stereocenters. The lowest BCUT2D eigenvalue weighted by molar-refractivity contribution is 0.362. The average molecular weight is 407 g/mol. The maximum Gasteiger partial charge on any atom is 0.147 e. The fraction of sp³-hybridized carbons (Fsp3) is 0.360. The number of aryl methyl sites for hydroxylation is 1. The molecule has 0 aliphatic rings. The Balaban J connectivity index is 1.54. The van der Waals surface area contributed by atoms with Crippen LogP contribution in [0.1, 0.15) is 51.0 Å². The number of allylic oxidation sites excluding steroid dienone is 1. The van der Waals surface area contributed by atoms with Crippen molar-refractivity contribution >= 4 is 11.3 Å². The Morgan fingerprint density at radius 2 is 1.48 bits per heavy atom. The summed E-state index contributed by atoms with van der Waals surface area (Å²) in [5.74, 6) is 0.904. The average Bonchev–Trinajstić information content (AvgIpc) is 3.23. The number of hydrogen-bond donors (Lipinski definition) is 0. The van der Waals surface area contributed by atoms with Crippen LogP contribution in [0.4, 0.5) is 0 Å². The summed E-state index contributed by atoms with van der Waals surface area (Å²) in [4.78, 5) is 0. The van der Waals surface area contributed by atoms with Crippen LogP contribution in [0.15, 0.2) is 60.7 Å². The van der Waals surface area contributed by atoms with Gasteiger partial charge in [-0.15, -0.1) is 10.2 Å². The monoisotopic (exact) mass is 406 g/mol. The van der Waals surface area contributed by atoms with Crippen molar-refractivity contribution in [2.75, 3.05) is 6.61 Å². The van der Waals surface area contributed by atoms with Crippen LogP contribution < -0.4 is 4.74 Å². The summed E-state index contributed by atoms with van der Waals surface area (Å²) in [5.41, 5.74) is 3.50. The molecule has 152 valence electrons. The zero-order valence-corrected chi connectivity index (χ0v) is 18.3. The third-order valence-electron chi connectivity index (χ3n) is 4.74. The van der Waals surface area contributed by atoms with Crippen molar-refractivity contribution in [3.05, 3.63) is 65.7 Å². The molecule has 0 aliphatic heterocycles. The summed E-state index contributed by atoms with van der Waals surface area (Å²) >= 11 is 1.68. The van der Waals surface area contributed by atoms with Crippen molar-refractivity contribution in [2.24, 2.45) is 0 Å². The molecule has 0 amide bonds. The van der Waals surface area contributed by atoms with Crippen LogP contribution >= 0.6 is 11.3 Å². The molecule has 29 heavy (non-hydrogen) atoms. The van der Waals surface area contributed by atoms with Crippen LogP contribution in [0.25, 0.3) is 21.7 Å². The second-order valence-electron chi connectivity index (χ2n) is 7.13. The van der Waals surface area contributed by atoms with E-state index < -0.39 is 0 Å². The highest BCUT2D eigenvalue weighted by Crippen LogP contribution is 2.28. The zero-order valence-electron chi connectivity index (χ0n) is 17.4. The minimum absolute atomic E-state index is 0.627. The number of rotatable bonds is 11. The van der Waals surface area contributed by atoms with Gasteiger partial charge in [0.25, 0.3) is 0 Å². The molecule has 0 N–H and O–H groups in total. The summed E-state index contributed by atoms with van der Waals surface area (Å²) in [6, 6.07) is 16.8. The Labute approximate surface area is 178 Å². The smallest absolute Gasteiger partial charge is 0.147 e. The van der Waals surface area contributed by atoms with Crippen LogP contribution in [-0.2, 0) is 6.42 Å². The topological polar surface area (TPSA) is 35.0 Å². The van der Waals surface area contributed by atoms with E-state index in [0.717, 1.165) is 40.6 Å². The quantitative estimate of drug-likeness (QED) is 0.247. The maximum absolute atomic E-state index is 5.80. The molecule has 0 saturated heterocycles. The Morgan fingerprint density at radius 3 is 2.17 bits per heavy atom. The van der Waals surface area contributed by atoms with Crippen molar-refractivity contribution in [3.63, 3.8) is 0 Å². The first-order chi connectivity index (χ1) is 14.3. The van der Waals surface area contributed by atoms with E-state index in [-0.39, 0.29) is 0 Å². The molecule has 3 nitrogen and oxygen atoms in total. The molecule has 4 heteroatoms. The lowest BCUT2D eigenvalue weighted by Gasteiger charge is -2.06. The molecule has 3 rings (SSSR count). The van der Waals surface area contributed by atoms with Crippen LogP contribution in [0, 0.1) is 0 Å². The lowest BCUT2D eigenvalue weighted by Crippen LogP contribution is -1.93. The van der Waals surface area contributed by atoms with E-state index in [1.807, 2.05) is 12.1 Å². The van der Waals surface area contributed by atoms with Crippen LogP contribution in [0.2, 0.25) is 0 Å². The van der Waals surface area contributed by atoms with Gasteiger partial charge in [0.2, 0.25) is 0 Å². The molecule has 0 radical (unpaired) electrons. The predicted molar refractivity (Wildman–Crippen MR) is 124 cm³/mol. The largest absolute Gasteiger partial charge is 0.490 e. The summed E-state index contributed by atoms with van der Waals surface area (Å²) in [5, 5.41) is 10.7. The van der Waals surface area contributed by atoms with Crippen LogP contribution in [-0.4, -0.2) is 16.8 Å². The molecular formula is C25H30N2OS. The highest BCUT2D eigenvalue weighted by atomic mass is 32.1. The molecule has 1 heterocycles. The van der Waals surface area contributed by atoms with Crippen molar-refractivity contribution < 1.29 is 4.74 Å². The van der Waals surface area contributed by atoms with Gasteiger partial charge in [-0.1, -0.05) is 86.6 Å². The summed E-state index contributed by atoms with van der Waals surface area (Å²) in [7, 11) is 0. The highest BCUT2D eigenvalue weighted by Gasteiger charge is 2.07. The maximum atomic E-state index is 5.80. The first-order valence-corrected chi connectivity index (χ1v) is 11.4. The Morgan fingerprint density at radius 1 is 0.793 bits per heavy atom. The van der Waals surface area contributed by atoms with Crippen LogP contribution in [0.5, 0.6) is 5.75 Å². The van der Waals surface area contributed by atoms with E-state index >= 15 is 0 Å². The van der Waals surface area contributed by atoms with Gasteiger partial charge >= 0.3 is 0 Å². The van der Waals surface area contributed by atoms with Gasteiger partial charge in [-0.25, -0.2) is 0 Å². The van der Waals surface area contributed by atoms with Crippen molar-refractivity contribution in [1.29, 1.82) is 0 Å². The minimum Gasteiger partial charge on any atom is -0.490 e. The molecule has 0 spiro atoms. The fourth-order valence-corrected chi connectivity index (χ4v) is 4.02. The summed E-state index contributed by atoms with van der Waals surface area (Å²) in [6.07, 6.45) is 11.4. The van der Waals surface area contributed by atoms with E-state index in [1.165, 1.54) is 30.4 Å². The number of ether oxygens (including phenoxy) is 1. The van der Waals surface area contributed by atoms with Gasteiger partial charge in [0.15, 0.2) is 0 Å². The van der Waals surface area contributed by atoms with E-state index in [0.29, 0.717) is 6.61 Å². The number of unbranched alkanes of at least 4 members (excludes halogenated alkanes) is 3. The Kier molecular flexibility index (Phi) is 8.44. The van der Waals surface area contributed by atoms with Crippen molar-refractivity contribution in [1.82, 2.24) is 10.2 Å². The van der Waals surface area contributed by atoms with Gasteiger partial charge in [0.05, 0.1) is 0 Å². The van der Waals surface area contributed by atoms with Gasteiger partial charge in [-0.2, -0.15) is 0 Å². The number of hydrogen-bond acceptors (Lipinski definition) is 4. The predicted octanol–water partition coefficient (Wildman–Crippen LogP) is 7.34. The summed E-state index contributed by atoms with van der Waals surface area (Å²) < 4.78 is 5.80. The van der Waals surface area contributed by atoms with Gasteiger partial charge in [0, 0.05) is 12.0 Å². The third-order valence-corrected chi connectivity index (χ3v) is 5.77. The molecule has 2 aromatic carbocycles. The summed E-state index contributed by atoms with van der Waals surface area (Å²) in [6.45, 7) is 5.02. The molecule has 0 bridgehead atoms. The minimum atomic E-state index is 0.627. The molecule has 0 aliphatic carbocycles. The molecule has 0 unspecified atom stereocenters. The number of benzene rings is 2. The highest BCUT2D eigenvalue weighted by molar-refractivity contribution is 7.14. The van der Waals surface area contributed by atoms with Crippen molar-refractivity contribution in [3.8, 4) is 27.4 Å². The van der Waals surface area contributed by atoms with E-state index in [1.54, 1.807) is 11.3 Å². The zero-order chi connectivity index (χ0) is 20.3. The van der Waals surface area contributed by atoms with E-state index in [9.17, 15) is 0 Å². The molecule has 0 fully saturated rings. The van der Waals surface area contributed by atoms with E-state index in [2.05, 4.69) is 72.6 Å². The second-order valence-corrected chi connectivity index (χ2v) is 8.19. The fourth-order valence-electron chi connectivity index (χ4n) is 3.08. The normalized spacial score (nSPS) is 11.2. The van der Waals surface area contributed by atoms with Gasteiger partial charge in [-0.3, -0.25) is 0 Å². The lowest BCUT2D eigenvalue weighted by atomic mass is 10.0. The number of aromatic nitrogens is 2. The van der Waals surface area contributed by atoms with Gasteiger partial charge < -0.3 is 4.74 Å². The Bertz CT molecular complexity index is 882. The molecular weight excluding hydrogens is 376 g/mol. The molecule has 1 aromatic heterocycles. The standard InChI is InChI=1S/C25H30N2OS/c1-3-5-6-7-8-9-19-28-23-17-15-21(16-18-23)20-11-13-22(14-12-20)25-27-26-24(29-25)10-4-2/h8-9,11-18H,3-7,10,19H2,1-2H3/b9-8+. The third kappa shape index (κ3) is 6.53. The van der Waals surface area contributed by atoms with Gasteiger partial charge in [-0.05, 0) is 42.5 Å². The van der Waals surface area contributed by atoms with Gasteiger partial charge in [0.1, 0.15) is 22.4 Å². The number of nitrogens with zero attached hydrogens (tertiary/aromatic N) is 2. The molecule has 0 saturated carbocycles. The second kappa shape index (κ2) is 11.5. The van der Waals surface area contributed by atoms with E-state index in [4.69, 9.17) is 4.74 Å². The first kappa shape index (κ1) is 21.3. The molecule has 3 aromatic rings.